The molecule has 0 amide bonds. The zero-order chi connectivity index (χ0) is 23.2. The maximum Gasteiger partial charge on any atom is 0.108 e. The quantitative estimate of drug-likeness (QED) is 0.327. The van der Waals surface area contributed by atoms with E-state index in [0.29, 0.717) is 4.91 Å². The summed E-state index contributed by atoms with van der Waals surface area (Å²) in [5, 5.41) is 30.3. The lowest BCUT2D eigenvalue weighted by atomic mass is 10.0. The zero-order valence-corrected chi connectivity index (χ0v) is 20.1. The molecule has 1 aromatic heterocycles. The number of allylic oxidation sites excluding steroid dienone is 2. The molecule has 8 heteroatoms. The molecule has 33 heavy (non-hydrogen) atoms. The van der Waals surface area contributed by atoms with Gasteiger partial charge >= 0.3 is 0 Å². The number of hydrogen-bond donors (Lipinski definition) is 3. The van der Waals surface area contributed by atoms with E-state index in [9.17, 15) is 10.4 Å². The predicted molar refractivity (Wildman–Crippen MR) is 137 cm³/mol. The first-order chi connectivity index (χ1) is 16.1. The molecule has 0 bridgehead atoms. The minimum Gasteiger partial charge on any atom is -0.394 e. The zero-order valence-electron chi connectivity index (χ0n) is 18.5. The monoisotopic (exact) mass is 481 g/mol. The average molecular weight is 482 g/mol. The highest BCUT2D eigenvalue weighted by Gasteiger charge is 2.13. The number of benzene rings is 2. The molecule has 4 rings (SSSR count). The lowest BCUT2D eigenvalue weighted by Crippen LogP contribution is -2.36. The van der Waals surface area contributed by atoms with Crippen molar-refractivity contribution in [1.29, 1.82) is 5.26 Å². The summed E-state index contributed by atoms with van der Waals surface area (Å²) in [6.45, 7) is 5.23. The second-order valence-corrected chi connectivity index (χ2v) is 9.85. The van der Waals surface area contributed by atoms with Crippen LogP contribution < -0.4 is 9.62 Å². The van der Waals surface area contributed by atoms with Gasteiger partial charge in [0.05, 0.1) is 25.9 Å². The Morgan fingerprint density at radius 1 is 1.18 bits per heavy atom. The Bertz CT molecular complexity index is 1180. The van der Waals surface area contributed by atoms with Crippen molar-refractivity contribution in [2.24, 2.45) is 0 Å². The van der Waals surface area contributed by atoms with Crippen molar-refractivity contribution in [3.05, 3.63) is 58.3 Å². The van der Waals surface area contributed by atoms with Crippen LogP contribution >= 0.6 is 23.3 Å². The number of fused-ring (bicyclic) bond motifs is 1. The second-order valence-electron chi connectivity index (χ2n) is 7.86. The van der Waals surface area contributed by atoms with Crippen molar-refractivity contribution in [2.45, 2.75) is 13.0 Å². The molecule has 1 fully saturated rings. The Labute approximate surface area is 202 Å². The van der Waals surface area contributed by atoms with Gasteiger partial charge in [-0.25, -0.2) is 0 Å². The van der Waals surface area contributed by atoms with Crippen LogP contribution in [0.2, 0.25) is 0 Å². The van der Waals surface area contributed by atoms with Crippen LogP contribution in [0.15, 0.2) is 53.4 Å². The molecule has 1 aliphatic heterocycles. The SMILES string of the molecule is C/C(=C(/C#N)SNCC(O)CO)c1ccc(-c2ccc3cc(N4CCOCC4)ccc3c2)s1. The van der Waals surface area contributed by atoms with E-state index in [1.165, 1.54) is 28.4 Å². The maximum atomic E-state index is 9.55. The van der Waals surface area contributed by atoms with E-state index in [2.05, 4.69) is 58.2 Å². The Morgan fingerprint density at radius 2 is 1.94 bits per heavy atom. The molecule has 2 heterocycles. The molecular weight excluding hydrogens is 454 g/mol. The maximum absolute atomic E-state index is 9.55. The van der Waals surface area contributed by atoms with Crippen LogP contribution in [0.5, 0.6) is 0 Å². The molecule has 172 valence electrons. The fourth-order valence-electron chi connectivity index (χ4n) is 3.67. The molecule has 1 saturated heterocycles. The van der Waals surface area contributed by atoms with Gasteiger partial charge in [-0.1, -0.05) is 18.2 Å². The van der Waals surface area contributed by atoms with Gasteiger partial charge in [-0.15, -0.1) is 11.3 Å². The van der Waals surface area contributed by atoms with Gasteiger partial charge < -0.3 is 19.8 Å². The third-order valence-electron chi connectivity index (χ3n) is 5.61. The minimum atomic E-state index is -0.844. The first kappa shape index (κ1) is 23.8. The summed E-state index contributed by atoms with van der Waals surface area (Å²) in [5.41, 5.74) is 3.28. The van der Waals surface area contributed by atoms with Crippen LogP contribution in [0.25, 0.3) is 26.8 Å². The van der Waals surface area contributed by atoms with Gasteiger partial charge in [-0.3, -0.25) is 4.72 Å². The third-order valence-corrected chi connectivity index (χ3v) is 7.77. The van der Waals surface area contributed by atoms with E-state index in [1.807, 2.05) is 13.0 Å². The molecule has 0 saturated carbocycles. The number of nitriles is 1. The Morgan fingerprint density at radius 3 is 2.70 bits per heavy atom. The fraction of sp³-hybridized carbons (Fsp3) is 0.320. The molecule has 3 aromatic rings. The molecule has 1 atom stereocenters. The van der Waals surface area contributed by atoms with E-state index >= 15 is 0 Å². The van der Waals surface area contributed by atoms with Gasteiger partial charge in [0.15, 0.2) is 0 Å². The van der Waals surface area contributed by atoms with Crippen LogP contribution in [0.4, 0.5) is 5.69 Å². The van der Waals surface area contributed by atoms with Crippen molar-refractivity contribution in [1.82, 2.24) is 4.72 Å². The van der Waals surface area contributed by atoms with Gasteiger partial charge in [-0.05, 0) is 71.1 Å². The summed E-state index contributed by atoms with van der Waals surface area (Å²) in [6.07, 6.45) is -0.844. The third kappa shape index (κ3) is 5.76. The molecule has 0 spiro atoms. The second kappa shape index (κ2) is 11.2. The normalized spacial score (nSPS) is 15.9. The minimum absolute atomic E-state index is 0.208. The topological polar surface area (TPSA) is 88.8 Å². The van der Waals surface area contributed by atoms with E-state index in [0.717, 1.165) is 47.2 Å². The van der Waals surface area contributed by atoms with E-state index in [-0.39, 0.29) is 13.2 Å². The fourth-order valence-corrected chi connectivity index (χ4v) is 5.47. The van der Waals surface area contributed by atoms with E-state index in [1.54, 1.807) is 11.3 Å². The smallest absolute Gasteiger partial charge is 0.108 e. The molecule has 6 nitrogen and oxygen atoms in total. The molecular formula is C25H27N3O3S2. The number of ether oxygens (including phenoxy) is 1. The van der Waals surface area contributed by atoms with Crippen molar-refractivity contribution in [3.63, 3.8) is 0 Å². The number of nitrogens with zero attached hydrogens (tertiary/aromatic N) is 2. The van der Waals surface area contributed by atoms with Crippen LogP contribution in [-0.2, 0) is 4.74 Å². The highest BCUT2D eigenvalue weighted by Crippen LogP contribution is 2.36. The van der Waals surface area contributed by atoms with Crippen LogP contribution in [0, 0.1) is 11.3 Å². The molecule has 1 aliphatic rings. The number of morpholine rings is 1. The van der Waals surface area contributed by atoms with Gasteiger partial charge in [0.2, 0.25) is 0 Å². The van der Waals surface area contributed by atoms with Crippen molar-refractivity contribution >= 4 is 45.3 Å². The number of thiophene rings is 1. The first-order valence-corrected chi connectivity index (χ1v) is 12.5. The van der Waals surface area contributed by atoms with Gasteiger partial charge in [0.1, 0.15) is 11.0 Å². The lowest BCUT2D eigenvalue weighted by Gasteiger charge is -2.29. The molecule has 3 N–H and O–H groups in total. The summed E-state index contributed by atoms with van der Waals surface area (Å²) >= 11 is 2.84. The van der Waals surface area contributed by atoms with E-state index < -0.39 is 6.10 Å². The Kier molecular flexibility index (Phi) is 8.04. The van der Waals surface area contributed by atoms with Crippen LogP contribution in [-0.4, -0.2) is 55.8 Å². The number of rotatable bonds is 8. The molecule has 1 unspecified atom stereocenters. The summed E-state index contributed by atoms with van der Waals surface area (Å²) in [4.78, 5) is 5.08. The number of aliphatic hydroxyl groups is 2. The highest BCUT2D eigenvalue weighted by atomic mass is 32.2. The van der Waals surface area contributed by atoms with E-state index in [4.69, 9.17) is 9.84 Å². The lowest BCUT2D eigenvalue weighted by molar-refractivity contribution is 0.0994. The summed E-state index contributed by atoms with van der Waals surface area (Å²) in [6, 6.07) is 19.5. The van der Waals surface area contributed by atoms with Gasteiger partial charge in [-0.2, -0.15) is 5.26 Å². The Hall–Kier alpha value is -2.38. The van der Waals surface area contributed by atoms with Crippen LogP contribution in [0.1, 0.15) is 11.8 Å². The molecule has 0 aliphatic carbocycles. The molecule has 0 radical (unpaired) electrons. The number of aliphatic hydroxyl groups excluding tert-OH is 2. The average Bonchev–Trinajstić information content (AvgIpc) is 3.36. The summed E-state index contributed by atoms with van der Waals surface area (Å²) in [5.74, 6) is 0. The van der Waals surface area contributed by atoms with Crippen molar-refractivity contribution < 1.29 is 14.9 Å². The highest BCUT2D eigenvalue weighted by molar-refractivity contribution is 8.01. The largest absolute Gasteiger partial charge is 0.394 e. The predicted octanol–water partition coefficient (Wildman–Crippen LogP) is 4.25. The first-order valence-electron chi connectivity index (χ1n) is 10.9. The van der Waals surface area contributed by atoms with Gasteiger partial charge in [0, 0.05) is 35.1 Å². The number of hydrogen-bond acceptors (Lipinski definition) is 8. The number of anilines is 1. The molecule has 2 aromatic carbocycles. The van der Waals surface area contributed by atoms with Crippen LogP contribution in [0.3, 0.4) is 0 Å². The van der Waals surface area contributed by atoms with Gasteiger partial charge in [0.25, 0.3) is 0 Å². The van der Waals surface area contributed by atoms with Crippen molar-refractivity contribution in [2.75, 3.05) is 44.4 Å². The summed E-state index contributed by atoms with van der Waals surface area (Å²) in [7, 11) is 0. The number of nitrogens with one attached hydrogen (secondary N) is 1. The standard InChI is InChI=1S/C25H27N3O3S2/c1-17(25(14-26)33-27-15-22(30)16-29)23-6-7-24(32-23)20-3-2-19-13-21(5-4-18(19)12-20)28-8-10-31-11-9-28/h2-7,12-13,22,27,29-30H,8-11,15-16H2,1H3/b25-17+. The van der Waals surface area contributed by atoms with Crippen molar-refractivity contribution in [3.8, 4) is 16.5 Å². The summed E-state index contributed by atoms with van der Waals surface area (Å²) < 4.78 is 8.41. The Balaban J connectivity index is 1.52.